The summed E-state index contributed by atoms with van der Waals surface area (Å²) in [7, 11) is 0. The van der Waals surface area contributed by atoms with Crippen LogP contribution < -0.4 is 15.1 Å². The van der Waals surface area contributed by atoms with Crippen molar-refractivity contribution in [3.63, 3.8) is 0 Å². The first-order valence-corrected chi connectivity index (χ1v) is 13.3. The largest absolute Gasteiger partial charge is 0.378 e. The lowest BCUT2D eigenvalue weighted by atomic mass is 9.94. The first kappa shape index (κ1) is 22.6. The molecular weight excluding hydrogens is 454 g/mol. The van der Waals surface area contributed by atoms with Gasteiger partial charge in [-0.25, -0.2) is 0 Å². The third-order valence-corrected chi connectivity index (χ3v) is 8.00. The van der Waals surface area contributed by atoms with Crippen molar-refractivity contribution in [2.75, 3.05) is 36.1 Å². The maximum atomic E-state index is 5.96. The minimum absolute atomic E-state index is 0.0140. The van der Waals surface area contributed by atoms with Crippen molar-refractivity contribution >= 4 is 28.7 Å². The molecule has 3 fully saturated rings. The van der Waals surface area contributed by atoms with Gasteiger partial charge in [0, 0.05) is 48.6 Å². The number of anilines is 2. The zero-order valence-electron chi connectivity index (χ0n) is 20.1. The molecule has 3 aromatic rings. The molecule has 1 N–H and O–H groups in total. The highest BCUT2D eigenvalue weighted by Gasteiger charge is 2.42. The molecule has 0 bridgehead atoms. The molecule has 1 aromatic carbocycles. The Labute approximate surface area is 212 Å². The van der Waals surface area contributed by atoms with Crippen molar-refractivity contribution < 1.29 is 4.74 Å². The molecule has 0 unspecified atom stereocenters. The molecule has 7 heteroatoms. The molecule has 0 amide bonds. The lowest BCUT2D eigenvalue weighted by Crippen LogP contribution is -2.36. The van der Waals surface area contributed by atoms with Crippen LogP contribution in [-0.4, -0.2) is 41.0 Å². The molecule has 4 heterocycles. The smallest absolute Gasteiger partial charge is 0.174 e. The Hall–Kier alpha value is -2.90. The van der Waals surface area contributed by atoms with E-state index in [1.54, 1.807) is 0 Å². The van der Waals surface area contributed by atoms with Crippen LogP contribution in [-0.2, 0) is 4.74 Å². The van der Waals surface area contributed by atoms with Gasteiger partial charge in [-0.1, -0.05) is 25.3 Å². The van der Waals surface area contributed by atoms with E-state index < -0.39 is 0 Å². The summed E-state index contributed by atoms with van der Waals surface area (Å²) in [5, 5.41) is 4.37. The molecule has 182 valence electrons. The third kappa shape index (κ3) is 4.43. The maximum absolute atomic E-state index is 5.96. The molecule has 1 saturated carbocycles. The Kier molecular flexibility index (Phi) is 6.44. The average molecular weight is 488 g/mol. The summed E-state index contributed by atoms with van der Waals surface area (Å²) in [5.74, 6) is 0. The van der Waals surface area contributed by atoms with Crippen LogP contribution in [0.5, 0.6) is 0 Å². The van der Waals surface area contributed by atoms with Crippen LogP contribution in [0, 0.1) is 0 Å². The van der Waals surface area contributed by atoms with Gasteiger partial charge in [-0.3, -0.25) is 4.98 Å². The van der Waals surface area contributed by atoms with Crippen molar-refractivity contribution in [3.8, 4) is 0 Å². The molecule has 35 heavy (non-hydrogen) atoms. The molecule has 6 nitrogen and oxygen atoms in total. The van der Waals surface area contributed by atoms with Crippen molar-refractivity contribution in [1.29, 1.82) is 0 Å². The number of hydrogen-bond acceptors (Lipinski definition) is 4. The molecule has 2 saturated heterocycles. The van der Waals surface area contributed by atoms with Crippen molar-refractivity contribution in [2.24, 2.45) is 0 Å². The van der Waals surface area contributed by atoms with Crippen molar-refractivity contribution in [3.05, 3.63) is 78.4 Å². The second-order valence-corrected chi connectivity index (χ2v) is 10.1. The number of nitrogens with zero attached hydrogens (tertiary/aromatic N) is 4. The first-order chi connectivity index (χ1) is 17.3. The number of rotatable bonds is 5. The van der Waals surface area contributed by atoms with Crippen LogP contribution in [0.25, 0.3) is 0 Å². The highest BCUT2D eigenvalue weighted by Crippen LogP contribution is 2.43. The predicted molar refractivity (Wildman–Crippen MR) is 144 cm³/mol. The molecule has 2 atom stereocenters. The van der Waals surface area contributed by atoms with Crippen LogP contribution in [0.3, 0.4) is 0 Å². The van der Waals surface area contributed by atoms with Gasteiger partial charge in [0.05, 0.1) is 24.9 Å². The number of benzene rings is 1. The Morgan fingerprint density at radius 2 is 1.66 bits per heavy atom. The highest BCUT2D eigenvalue weighted by atomic mass is 32.1. The van der Waals surface area contributed by atoms with E-state index in [2.05, 4.69) is 74.4 Å². The Bertz CT molecular complexity index is 1140. The molecule has 1 aliphatic carbocycles. The third-order valence-electron chi connectivity index (χ3n) is 7.69. The maximum Gasteiger partial charge on any atom is 0.174 e. The van der Waals surface area contributed by atoms with Gasteiger partial charge < -0.3 is 24.4 Å². The summed E-state index contributed by atoms with van der Waals surface area (Å²) in [6, 6.07) is 20.0. The fourth-order valence-electron chi connectivity index (χ4n) is 5.93. The van der Waals surface area contributed by atoms with Gasteiger partial charge in [0.15, 0.2) is 5.11 Å². The van der Waals surface area contributed by atoms with Crippen LogP contribution in [0.15, 0.2) is 67.0 Å². The van der Waals surface area contributed by atoms with E-state index in [0.29, 0.717) is 6.04 Å². The zero-order chi connectivity index (χ0) is 23.6. The van der Waals surface area contributed by atoms with Crippen LogP contribution >= 0.6 is 12.2 Å². The normalized spacial score (nSPS) is 23.5. The SMILES string of the molecule is S=C1N[C@@H](c2ccccn2)[C@@H](c2cccn2C2CCCCC2)N1c1ccc(N2CCOCC2)cc1. The predicted octanol–water partition coefficient (Wildman–Crippen LogP) is 5.40. The molecule has 6 rings (SSSR count). The van der Waals surface area contributed by atoms with Gasteiger partial charge >= 0.3 is 0 Å². The Balaban J connectivity index is 1.38. The quantitative estimate of drug-likeness (QED) is 0.486. The number of aromatic nitrogens is 2. The monoisotopic (exact) mass is 487 g/mol. The summed E-state index contributed by atoms with van der Waals surface area (Å²) in [4.78, 5) is 9.41. The van der Waals surface area contributed by atoms with E-state index in [0.717, 1.165) is 42.8 Å². The highest BCUT2D eigenvalue weighted by molar-refractivity contribution is 7.80. The lowest BCUT2D eigenvalue weighted by Gasteiger charge is -2.33. The minimum atomic E-state index is -0.0140. The minimum Gasteiger partial charge on any atom is -0.378 e. The van der Waals surface area contributed by atoms with Gasteiger partial charge in [-0.15, -0.1) is 0 Å². The number of nitrogens with one attached hydrogen (secondary N) is 1. The molecule has 3 aliphatic rings. The molecular formula is C28H33N5OS. The number of pyridine rings is 1. The first-order valence-electron chi connectivity index (χ1n) is 12.9. The number of morpholine rings is 1. The summed E-state index contributed by atoms with van der Waals surface area (Å²) >= 11 is 5.96. The summed E-state index contributed by atoms with van der Waals surface area (Å²) in [5.41, 5.74) is 4.67. The van der Waals surface area contributed by atoms with Crippen LogP contribution in [0.2, 0.25) is 0 Å². The van der Waals surface area contributed by atoms with E-state index in [-0.39, 0.29) is 12.1 Å². The molecule has 0 radical (unpaired) electrons. The van der Waals surface area contributed by atoms with E-state index in [1.165, 1.54) is 43.5 Å². The summed E-state index contributed by atoms with van der Waals surface area (Å²) < 4.78 is 8.05. The second kappa shape index (κ2) is 9.99. The van der Waals surface area contributed by atoms with Gasteiger partial charge in [-0.05, 0) is 73.6 Å². The number of ether oxygens (including phenoxy) is 1. The Morgan fingerprint density at radius 1 is 0.886 bits per heavy atom. The Morgan fingerprint density at radius 3 is 2.40 bits per heavy atom. The second-order valence-electron chi connectivity index (χ2n) is 9.74. The van der Waals surface area contributed by atoms with E-state index in [9.17, 15) is 0 Å². The topological polar surface area (TPSA) is 45.6 Å². The van der Waals surface area contributed by atoms with Gasteiger partial charge in [0.2, 0.25) is 0 Å². The van der Waals surface area contributed by atoms with Crippen molar-refractivity contribution in [1.82, 2.24) is 14.9 Å². The average Bonchev–Trinajstić information content (AvgIpc) is 3.55. The van der Waals surface area contributed by atoms with Crippen LogP contribution in [0.1, 0.15) is 61.6 Å². The zero-order valence-corrected chi connectivity index (χ0v) is 20.9. The lowest BCUT2D eigenvalue weighted by molar-refractivity contribution is 0.122. The van der Waals surface area contributed by atoms with E-state index >= 15 is 0 Å². The summed E-state index contributed by atoms with van der Waals surface area (Å²) in [6.45, 7) is 3.44. The molecule has 2 aromatic heterocycles. The molecule has 0 spiro atoms. The van der Waals surface area contributed by atoms with E-state index in [4.69, 9.17) is 21.9 Å². The standard InChI is InChI=1S/C28H33N5OS/c35-28-30-26(24-9-4-5-15-29-24)27(25-10-6-16-32(25)22-7-2-1-3-8-22)33(28)23-13-11-21(12-14-23)31-17-19-34-20-18-31/h4-6,9-16,22,26-27H,1-3,7-8,17-20H2,(H,30,35)/t26-,27+/m0/s1. The fraction of sp³-hybridized carbons (Fsp3) is 0.429. The summed E-state index contributed by atoms with van der Waals surface area (Å²) in [6.07, 6.45) is 10.6. The number of hydrogen-bond donors (Lipinski definition) is 1. The van der Waals surface area contributed by atoms with Gasteiger partial charge in [0.25, 0.3) is 0 Å². The van der Waals surface area contributed by atoms with E-state index in [1.807, 2.05) is 12.3 Å². The molecule has 2 aliphatic heterocycles. The number of thiocarbonyl (C=S) groups is 1. The van der Waals surface area contributed by atoms with Gasteiger partial charge in [-0.2, -0.15) is 0 Å². The van der Waals surface area contributed by atoms with Crippen molar-refractivity contribution in [2.45, 2.75) is 50.2 Å². The van der Waals surface area contributed by atoms with Crippen LogP contribution in [0.4, 0.5) is 11.4 Å². The van der Waals surface area contributed by atoms with Gasteiger partial charge in [0.1, 0.15) is 6.04 Å². The fourth-order valence-corrected chi connectivity index (χ4v) is 6.27.